The molecule has 0 spiro atoms. The molecule has 2 aromatic rings. The molecule has 0 aliphatic heterocycles. The Morgan fingerprint density at radius 3 is 1.96 bits per heavy atom. The maximum atomic E-state index is 9.10. The topological polar surface area (TPSA) is 114 Å². The monoisotopic (exact) mass is 377 g/mol. The Morgan fingerprint density at radius 2 is 1.48 bits per heavy atom. The second-order valence-electron chi connectivity index (χ2n) is 5.21. The summed E-state index contributed by atoms with van der Waals surface area (Å²) in [6.07, 6.45) is 0. The van der Waals surface area contributed by atoms with E-state index in [9.17, 15) is 0 Å². The smallest absolute Gasteiger partial charge is 0.414 e. The maximum Gasteiger partial charge on any atom is 0.414 e. The SMILES string of the molecule is COc1ccc(CNCc2cccc(OC)c2OC)cc1.O=C(O)C(=O)O. The first kappa shape index (κ1) is 21.8. The minimum Gasteiger partial charge on any atom is -0.497 e. The fraction of sp³-hybridized carbons (Fsp3) is 0.263. The summed E-state index contributed by atoms with van der Waals surface area (Å²) in [5.74, 6) is -1.25. The van der Waals surface area contributed by atoms with Gasteiger partial charge >= 0.3 is 11.9 Å². The fourth-order valence-electron chi connectivity index (χ4n) is 2.18. The van der Waals surface area contributed by atoms with Crippen molar-refractivity contribution in [3.8, 4) is 17.2 Å². The van der Waals surface area contributed by atoms with Crippen molar-refractivity contribution in [1.82, 2.24) is 5.32 Å². The Labute approximate surface area is 157 Å². The third-order valence-electron chi connectivity index (χ3n) is 3.47. The third kappa shape index (κ3) is 7.25. The van der Waals surface area contributed by atoms with Crippen molar-refractivity contribution in [1.29, 1.82) is 0 Å². The highest BCUT2D eigenvalue weighted by Crippen LogP contribution is 2.30. The van der Waals surface area contributed by atoms with Crippen molar-refractivity contribution in [2.45, 2.75) is 13.1 Å². The number of carboxylic acid groups (broad SMARTS) is 2. The highest BCUT2D eigenvalue weighted by molar-refractivity contribution is 6.27. The van der Waals surface area contributed by atoms with Crippen LogP contribution in [0, 0.1) is 0 Å². The molecule has 2 aromatic carbocycles. The molecule has 0 unspecified atom stereocenters. The first-order chi connectivity index (χ1) is 12.9. The lowest BCUT2D eigenvalue weighted by Gasteiger charge is -2.13. The predicted molar refractivity (Wildman–Crippen MR) is 98.4 cm³/mol. The average molecular weight is 377 g/mol. The van der Waals surface area contributed by atoms with E-state index in [1.807, 2.05) is 30.3 Å². The van der Waals surface area contributed by atoms with Gasteiger partial charge in [-0.15, -0.1) is 0 Å². The number of carboxylic acids is 2. The van der Waals surface area contributed by atoms with E-state index < -0.39 is 11.9 Å². The van der Waals surface area contributed by atoms with Gasteiger partial charge in [-0.3, -0.25) is 0 Å². The predicted octanol–water partition coefficient (Wildman–Crippen LogP) is 2.16. The molecule has 27 heavy (non-hydrogen) atoms. The Balaban J connectivity index is 0.000000527. The summed E-state index contributed by atoms with van der Waals surface area (Å²) >= 11 is 0. The molecular formula is C19H23NO7. The van der Waals surface area contributed by atoms with Crippen molar-refractivity contribution in [3.63, 3.8) is 0 Å². The summed E-state index contributed by atoms with van der Waals surface area (Å²) in [6.45, 7) is 1.50. The molecule has 2 rings (SSSR count). The van der Waals surface area contributed by atoms with Crippen molar-refractivity contribution in [3.05, 3.63) is 53.6 Å². The summed E-state index contributed by atoms with van der Waals surface area (Å²) in [4.78, 5) is 18.2. The molecule has 146 valence electrons. The molecule has 0 fully saturated rings. The zero-order valence-corrected chi connectivity index (χ0v) is 15.4. The second kappa shape index (κ2) is 11.4. The quantitative estimate of drug-likeness (QED) is 0.629. The van der Waals surface area contributed by atoms with Gasteiger partial charge in [0, 0.05) is 18.7 Å². The van der Waals surface area contributed by atoms with Gasteiger partial charge < -0.3 is 29.7 Å². The Morgan fingerprint density at radius 1 is 0.852 bits per heavy atom. The lowest BCUT2D eigenvalue weighted by Crippen LogP contribution is -2.13. The molecule has 8 nitrogen and oxygen atoms in total. The number of nitrogens with one attached hydrogen (secondary N) is 1. The normalized spacial score (nSPS) is 9.59. The van der Waals surface area contributed by atoms with E-state index in [-0.39, 0.29) is 0 Å². The Hall–Kier alpha value is -3.26. The molecule has 0 saturated carbocycles. The Bertz CT molecular complexity index is 732. The highest BCUT2D eigenvalue weighted by atomic mass is 16.5. The molecular weight excluding hydrogens is 354 g/mol. The average Bonchev–Trinajstić information content (AvgIpc) is 2.68. The van der Waals surface area contributed by atoms with Crippen molar-refractivity contribution in [2.75, 3.05) is 21.3 Å². The van der Waals surface area contributed by atoms with Gasteiger partial charge in [0.1, 0.15) is 5.75 Å². The molecule has 0 atom stereocenters. The molecule has 0 amide bonds. The minimum atomic E-state index is -1.82. The van der Waals surface area contributed by atoms with Crippen molar-refractivity contribution in [2.24, 2.45) is 0 Å². The Kier molecular flexibility index (Phi) is 9.18. The van der Waals surface area contributed by atoms with Crippen molar-refractivity contribution >= 4 is 11.9 Å². The number of para-hydroxylation sites is 1. The van der Waals surface area contributed by atoms with Crippen LogP contribution in [0.25, 0.3) is 0 Å². The van der Waals surface area contributed by atoms with Crippen LogP contribution < -0.4 is 19.5 Å². The molecule has 0 aromatic heterocycles. The van der Waals surface area contributed by atoms with Crippen LogP contribution in [0.1, 0.15) is 11.1 Å². The molecule has 0 aliphatic carbocycles. The van der Waals surface area contributed by atoms with Gasteiger partial charge in [0.05, 0.1) is 21.3 Å². The third-order valence-corrected chi connectivity index (χ3v) is 3.47. The van der Waals surface area contributed by atoms with Crippen molar-refractivity contribution < 1.29 is 34.0 Å². The van der Waals surface area contributed by atoms with Crippen LogP contribution in [0.5, 0.6) is 17.2 Å². The summed E-state index contributed by atoms with van der Waals surface area (Å²) in [6, 6.07) is 13.9. The number of aliphatic carboxylic acids is 2. The van der Waals surface area contributed by atoms with Crippen LogP contribution in [-0.2, 0) is 22.7 Å². The van der Waals surface area contributed by atoms with Gasteiger partial charge in [-0.2, -0.15) is 0 Å². The van der Waals surface area contributed by atoms with Crippen LogP contribution in [0.15, 0.2) is 42.5 Å². The lowest BCUT2D eigenvalue weighted by atomic mass is 10.1. The largest absolute Gasteiger partial charge is 0.497 e. The molecule has 3 N–H and O–H groups in total. The highest BCUT2D eigenvalue weighted by Gasteiger charge is 2.08. The second-order valence-corrected chi connectivity index (χ2v) is 5.21. The number of ether oxygens (including phenoxy) is 3. The fourth-order valence-corrected chi connectivity index (χ4v) is 2.18. The van der Waals surface area contributed by atoms with E-state index in [0.29, 0.717) is 6.54 Å². The summed E-state index contributed by atoms with van der Waals surface area (Å²) in [7, 11) is 4.97. The molecule has 0 saturated heterocycles. The van der Waals surface area contributed by atoms with Gasteiger partial charge in [-0.1, -0.05) is 24.3 Å². The number of rotatable bonds is 7. The zero-order valence-electron chi connectivity index (χ0n) is 15.4. The summed E-state index contributed by atoms with van der Waals surface area (Å²) in [5.41, 5.74) is 2.28. The molecule has 0 bridgehead atoms. The van der Waals surface area contributed by atoms with Crippen LogP contribution in [-0.4, -0.2) is 43.5 Å². The first-order valence-electron chi connectivity index (χ1n) is 7.92. The van der Waals surface area contributed by atoms with E-state index in [1.165, 1.54) is 5.56 Å². The van der Waals surface area contributed by atoms with Gasteiger partial charge in [-0.25, -0.2) is 9.59 Å². The number of benzene rings is 2. The van der Waals surface area contributed by atoms with Gasteiger partial charge in [0.2, 0.25) is 0 Å². The summed E-state index contributed by atoms with van der Waals surface area (Å²) < 4.78 is 15.9. The molecule has 0 aliphatic rings. The zero-order chi connectivity index (χ0) is 20.2. The number of carbonyl (C=O) groups is 2. The first-order valence-corrected chi connectivity index (χ1v) is 7.92. The van der Waals surface area contributed by atoms with Crippen LogP contribution in [0.4, 0.5) is 0 Å². The lowest BCUT2D eigenvalue weighted by molar-refractivity contribution is -0.159. The number of hydrogen-bond acceptors (Lipinski definition) is 6. The maximum absolute atomic E-state index is 9.10. The molecule has 8 heteroatoms. The van der Waals surface area contributed by atoms with Gasteiger partial charge in [0.25, 0.3) is 0 Å². The molecule has 0 heterocycles. The summed E-state index contributed by atoms with van der Waals surface area (Å²) in [5, 5.41) is 18.2. The van der Waals surface area contributed by atoms with Crippen LogP contribution in [0.2, 0.25) is 0 Å². The standard InChI is InChI=1S/C17H21NO3.C2H2O4/c1-19-15-9-7-13(8-10-15)11-18-12-14-5-4-6-16(20-2)17(14)21-3;3-1(4)2(5)6/h4-10,18H,11-12H2,1-3H3;(H,3,4)(H,5,6). The van der Waals surface area contributed by atoms with Crippen LogP contribution in [0.3, 0.4) is 0 Å². The van der Waals surface area contributed by atoms with Gasteiger partial charge in [0.15, 0.2) is 11.5 Å². The number of methoxy groups -OCH3 is 3. The molecule has 0 radical (unpaired) electrons. The van der Waals surface area contributed by atoms with E-state index in [1.54, 1.807) is 21.3 Å². The number of hydrogen-bond donors (Lipinski definition) is 3. The van der Waals surface area contributed by atoms with E-state index in [0.717, 1.165) is 29.4 Å². The van der Waals surface area contributed by atoms with E-state index >= 15 is 0 Å². The van der Waals surface area contributed by atoms with E-state index in [2.05, 4.69) is 17.4 Å². The minimum absolute atomic E-state index is 0.715. The van der Waals surface area contributed by atoms with Gasteiger partial charge in [-0.05, 0) is 23.8 Å². The van der Waals surface area contributed by atoms with E-state index in [4.69, 9.17) is 34.0 Å². The van der Waals surface area contributed by atoms with Crippen LogP contribution >= 0.6 is 0 Å².